The predicted octanol–water partition coefficient (Wildman–Crippen LogP) is 3.65. The van der Waals surface area contributed by atoms with Gasteiger partial charge in [0.25, 0.3) is 0 Å². The van der Waals surface area contributed by atoms with Gasteiger partial charge in [0, 0.05) is 29.6 Å². The van der Waals surface area contributed by atoms with Crippen LogP contribution in [0.5, 0.6) is 11.5 Å². The van der Waals surface area contributed by atoms with E-state index in [2.05, 4.69) is 4.98 Å². The van der Waals surface area contributed by atoms with Crippen molar-refractivity contribution in [1.29, 1.82) is 0 Å². The van der Waals surface area contributed by atoms with E-state index < -0.39 is 0 Å². The topological polar surface area (TPSA) is 77.7 Å². The van der Waals surface area contributed by atoms with E-state index in [4.69, 9.17) is 15.2 Å². The molecule has 2 unspecified atom stereocenters. The number of hydrogen-bond acceptors (Lipinski definition) is 6. The predicted molar refractivity (Wildman–Crippen MR) is 115 cm³/mol. The monoisotopic (exact) mass is 445 g/mol. The number of fused-ring (bicyclic) bond motifs is 1. The van der Waals surface area contributed by atoms with Crippen molar-refractivity contribution in [1.82, 2.24) is 9.88 Å². The van der Waals surface area contributed by atoms with Crippen LogP contribution in [0.4, 0.5) is 0 Å². The van der Waals surface area contributed by atoms with Gasteiger partial charge in [0.05, 0.1) is 12.1 Å². The molecule has 3 heterocycles. The van der Waals surface area contributed by atoms with Gasteiger partial charge in [-0.1, -0.05) is 0 Å². The van der Waals surface area contributed by atoms with E-state index in [0.717, 1.165) is 53.6 Å². The Morgan fingerprint density at radius 2 is 2.11 bits per heavy atom. The molecule has 2 N–H and O–H groups in total. The lowest BCUT2D eigenvalue weighted by Gasteiger charge is -2.38. The van der Waals surface area contributed by atoms with Gasteiger partial charge in [0.1, 0.15) is 5.01 Å². The van der Waals surface area contributed by atoms with Gasteiger partial charge in [-0.25, -0.2) is 4.98 Å². The molecule has 2 atom stereocenters. The number of thiazole rings is 1. The number of rotatable bonds is 4. The summed E-state index contributed by atoms with van der Waals surface area (Å²) >= 11 is 1.54. The molecule has 2 aliphatic rings. The van der Waals surface area contributed by atoms with Crippen molar-refractivity contribution in [3.05, 3.63) is 29.3 Å². The standard InChI is InChI=1S/C19H23N3O3S.2ClH/c1-12(20)15-4-2-3-7-22(15)18(23)9-14-10-26-19(21-14)13-5-6-16-17(8-13)25-11-24-16;;/h5-6,8,10,12,15H,2-4,7,9,11,20H2,1H3;2*1H. The largest absolute Gasteiger partial charge is 0.454 e. The molecule has 1 aromatic heterocycles. The molecule has 1 saturated heterocycles. The Morgan fingerprint density at radius 1 is 1.32 bits per heavy atom. The molecule has 1 fully saturated rings. The molecule has 154 valence electrons. The van der Waals surface area contributed by atoms with Crippen LogP contribution in [0, 0.1) is 0 Å². The number of piperidine rings is 1. The van der Waals surface area contributed by atoms with E-state index in [-0.39, 0.29) is 49.6 Å². The maximum atomic E-state index is 12.8. The molecule has 4 rings (SSSR count). The molecule has 0 bridgehead atoms. The first kappa shape index (κ1) is 22.7. The average molecular weight is 446 g/mol. The molecule has 0 radical (unpaired) electrons. The summed E-state index contributed by atoms with van der Waals surface area (Å²) < 4.78 is 10.8. The Labute approximate surface area is 181 Å². The first-order valence-corrected chi connectivity index (χ1v) is 9.89. The molecule has 28 heavy (non-hydrogen) atoms. The fourth-order valence-corrected chi connectivity index (χ4v) is 4.44. The molecular formula is C19H25Cl2N3O3S. The van der Waals surface area contributed by atoms with E-state index in [1.54, 1.807) is 11.3 Å². The zero-order valence-corrected chi connectivity index (χ0v) is 18.1. The van der Waals surface area contributed by atoms with Crippen LogP contribution >= 0.6 is 36.2 Å². The number of halogens is 2. The summed E-state index contributed by atoms with van der Waals surface area (Å²) in [5.74, 6) is 1.62. The van der Waals surface area contributed by atoms with Crippen LogP contribution in [0.3, 0.4) is 0 Å². The normalized spacial score (nSPS) is 18.8. The van der Waals surface area contributed by atoms with Gasteiger partial charge in [-0.15, -0.1) is 36.2 Å². The van der Waals surface area contributed by atoms with E-state index in [0.29, 0.717) is 6.42 Å². The summed E-state index contributed by atoms with van der Waals surface area (Å²) in [7, 11) is 0. The Balaban J connectivity index is 0.00000140. The second-order valence-corrected chi connectivity index (χ2v) is 7.76. The average Bonchev–Trinajstić information content (AvgIpc) is 3.30. The Kier molecular flexibility index (Phi) is 7.95. The minimum atomic E-state index is -0.00104. The Bertz CT molecular complexity index is 815. The summed E-state index contributed by atoms with van der Waals surface area (Å²) in [6.07, 6.45) is 3.50. The third-order valence-corrected chi connectivity index (χ3v) is 5.92. The summed E-state index contributed by atoms with van der Waals surface area (Å²) in [4.78, 5) is 19.4. The maximum absolute atomic E-state index is 12.8. The van der Waals surface area contributed by atoms with Gasteiger partial charge in [0.2, 0.25) is 12.7 Å². The molecule has 0 saturated carbocycles. The van der Waals surface area contributed by atoms with E-state index in [1.807, 2.05) is 35.4 Å². The molecule has 0 aliphatic carbocycles. The molecule has 6 nitrogen and oxygen atoms in total. The van der Waals surface area contributed by atoms with Crippen molar-refractivity contribution in [3.8, 4) is 22.1 Å². The lowest BCUT2D eigenvalue weighted by atomic mass is 9.96. The van der Waals surface area contributed by atoms with Gasteiger partial charge in [-0.05, 0) is 44.4 Å². The summed E-state index contributed by atoms with van der Waals surface area (Å²) in [5, 5.41) is 2.84. The van der Waals surface area contributed by atoms with Crippen molar-refractivity contribution in [2.24, 2.45) is 5.73 Å². The highest BCUT2D eigenvalue weighted by atomic mass is 35.5. The SMILES string of the molecule is CC(N)C1CCCCN1C(=O)Cc1csc(-c2ccc3c(c2)OCO3)n1.Cl.Cl. The number of likely N-dealkylation sites (tertiary alicyclic amines) is 1. The lowest BCUT2D eigenvalue weighted by Crippen LogP contribution is -2.52. The van der Waals surface area contributed by atoms with Gasteiger partial charge < -0.3 is 20.1 Å². The number of aromatic nitrogens is 1. The highest BCUT2D eigenvalue weighted by Crippen LogP contribution is 2.36. The Morgan fingerprint density at radius 3 is 2.89 bits per heavy atom. The molecule has 1 aromatic carbocycles. The number of amides is 1. The lowest BCUT2D eigenvalue weighted by molar-refractivity contribution is -0.134. The molecule has 2 aliphatic heterocycles. The number of nitrogens with zero attached hydrogens (tertiary/aromatic N) is 2. The van der Waals surface area contributed by atoms with Crippen LogP contribution in [0.25, 0.3) is 10.6 Å². The first-order valence-electron chi connectivity index (χ1n) is 9.01. The van der Waals surface area contributed by atoms with Crippen LogP contribution in [-0.4, -0.2) is 41.2 Å². The molecule has 1 amide bonds. The van der Waals surface area contributed by atoms with Crippen LogP contribution in [0.15, 0.2) is 23.6 Å². The fourth-order valence-electron chi connectivity index (χ4n) is 3.62. The van der Waals surface area contributed by atoms with E-state index in [9.17, 15) is 4.79 Å². The van der Waals surface area contributed by atoms with E-state index in [1.165, 1.54) is 0 Å². The van der Waals surface area contributed by atoms with Crippen molar-refractivity contribution < 1.29 is 14.3 Å². The highest BCUT2D eigenvalue weighted by Gasteiger charge is 2.29. The fraction of sp³-hybridized carbons (Fsp3) is 0.474. The van der Waals surface area contributed by atoms with Crippen molar-refractivity contribution in [2.45, 2.75) is 44.7 Å². The van der Waals surface area contributed by atoms with Crippen molar-refractivity contribution in [3.63, 3.8) is 0 Å². The maximum Gasteiger partial charge on any atom is 0.231 e. The summed E-state index contributed by atoms with van der Waals surface area (Å²) in [6, 6.07) is 5.94. The third-order valence-electron chi connectivity index (χ3n) is 4.98. The number of benzene rings is 1. The van der Waals surface area contributed by atoms with Gasteiger partial charge in [-0.3, -0.25) is 4.79 Å². The van der Waals surface area contributed by atoms with Gasteiger partial charge in [-0.2, -0.15) is 0 Å². The summed E-state index contributed by atoms with van der Waals surface area (Å²) in [5.41, 5.74) is 7.87. The number of carbonyl (C=O) groups excluding carboxylic acids is 1. The van der Waals surface area contributed by atoms with Crippen molar-refractivity contribution in [2.75, 3.05) is 13.3 Å². The molecule has 9 heteroatoms. The summed E-state index contributed by atoms with van der Waals surface area (Å²) in [6.45, 7) is 3.04. The minimum Gasteiger partial charge on any atom is -0.454 e. The van der Waals surface area contributed by atoms with Crippen LogP contribution < -0.4 is 15.2 Å². The van der Waals surface area contributed by atoms with Crippen LogP contribution in [0.1, 0.15) is 31.9 Å². The quantitative estimate of drug-likeness (QED) is 0.776. The molecular weight excluding hydrogens is 421 g/mol. The number of hydrogen-bond donors (Lipinski definition) is 1. The van der Waals surface area contributed by atoms with Crippen LogP contribution in [0.2, 0.25) is 0 Å². The van der Waals surface area contributed by atoms with Gasteiger partial charge >= 0.3 is 0 Å². The number of ether oxygens (including phenoxy) is 2. The minimum absolute atomic E-state index is 0. The first-order chi connectivity index (χ1) is 12.6. The highest BCUT2D eigenvalue weighted by molar-refractivity contribution is 7.13. The third kappa shape index (κ3) is 4.71. The zero-order valence-electron chi connectivity index (χ0n) is 15.6. The van der Waals surface area contributed by atoms with Gasteiger partial charge in [0.15, 0.2) is 11.5 Å². The molecule has 0 spiro atoms. The second-order valence-electron chi connectivity index (χ2n) is 6.90. The number of nitrogens with two attached hydrogens (primary N) is 1. The van der Waals surface area contributed by atoms with E-state index >= 15 is 0 Å². The number of carbonyl (C=O) groups is 1. The molecule has 2 aromatic rings. The van der Waals surface area contributed by atoms with Crippen molar-refractivity contribution >= 4 is 42.1 Å². The second kappa shape index (κ2) is 9.78. The van der Waals surface area contributed by atoms with Crippen LogP contribution in [-0.2, 0) is 11.2 Å². The zero-order chi connectivity index (χ0) is 18.1. The smallest absolute Gasteiger partial charge is 0.231 e. The Hall–Kier alpha value is -1.54.